The topological polar surface area (TPSA) is 47.1 Å². The van der Waals surface area contributed by atoms with Crippen LogP contribution in [-0.4, -0.2) is 17.1 Å². The van der Waals surface area contributed by atoms with E-state index in [-0.39, 0.29) is 0 Å². The van der Waals surface area contributed by atoms with E-state index >= 15 is 0 Å². The number of ether oxygens (including phenoxy) is 2. The number of hydrogen-bond acceptors (Lipinski definition) is 3. The lowest BCUT2D eigenvalue weighted by atomic mass is 10.1. The minimum absolute atomic E-state index is 0.479. The minimum atomic E-state index is 0.479. The second-order valence-electron chi connectivity index (χ2n) is 6.13. The maximum atomic E-state index is 6.09. The van der Waals surface area contributed by atoms with Gasteiger partial charge in [-0.05, 0) is 35.9 Å². The van der Waals surface area contributed by atoms with Crippen LogP contribution in [0, 0.1) is 0 Å². The molecule has 1 N–H and O–H groups in total. The summed E-state index contributed by atoms with van der Waals surface area (Å²) in [5.74, 6) is 2.22. The van der Waals surface area contributed by atoms with E-state index in [1.54, 1.807) is 7.11 Å². The average molecular weight is 356 g/mol. The third-order valence-electron chi connectivity index (χ3n) is 4.28. The largest absolute Gasteiger partial charge is 0.493 e. The van der Waals surface area contributed by atoms with Crippen LogP contribution in [0.2, 0.25) is 0 Å². The van der Waals surface area contributed by atoms with Crippen LogP contribution in [0.5, 0.6) is 11.5 Å². The highest BCUT2D eigenvalue weighted by Gasteiger charge is 2.09. The normalized spacial score (nSPS) is 11.1. The van der Waals surface area contributed by atoms with Gasteiger partial charge in [0.25, 0.3) is 0 Å². The summed E-state index contributed by atoms with van der Waals surface area (Å²) in [6.07, 6.45) is 3.94. The van der Waals surface area contributed by atoms with Gasteiger partial charge in [0.15, 0.2) is 11.5 Å². The van der Waals surface area contributed by atoms with E-state index in [0.717, 1.165) is 33.7 Å². The lowest BCUT2D eigenvalue weighted by Crippen LogP contribution is -1.99. The number of fused-ring (bicyclic) bond motifs is 1. The molecule has 0 fully saturated rings. The third-order valence-corrected chi connectivity index (χ3v) is 4.28. The Morgan fingerprint density at radius 2 is 1.70 bits per heavy atom. The minimum Gasteiger partial charge on any atom is -0.493 e. The van der Waals surface area contributed by atoms with Crippen molar-refractivity contribution in [2.45, 2.75) is 6.61 Å². The Hall–Kier alpha value is -3.53. The van der Waals surface area contributed by atoms with Crippen LogP contribution in [0.15, 0.2) is 72.8 Å². The fraction of sp³-hybridized carbons (Fsp3) is 0.0870. The van der Waals surface area contributed by atoms with Crippen molar-refractivity contribution in [2.75, 3.05) is 7.11 Å². The highest BCUT2D eigenvalue weighted by atomic mass is 16.5. The number of para-hydroxylation sites is 3. The van der Waals surface area contributed by atoms with Gasteiger partial charge in [0.05, 0.1) is 18.1 Å². The second-order valence-corrected chi connectivity index (χ2v) is 6.13. The van der Waals surface area contributed by atoms with Gasteiger partial charge in [-0.2, -0.15) is 0 Å². The molecular weight excluding hydrogens is 336 g/mol. The van der Waals surface area contributed by atoms with Crippen molar-refractivity contribution < 1.29 is 9.47 Å². The van der Waals surface area contributed by atoms with Gasteiger partial charge in [-0.1, -0.05) is 54.6 Å². The van der Waals surface area contributed by atoms with E-state index in [1.807, 2.05) is 84.9 Å². The molecule has 0 radical (unpaired) electrons. The Bertz CT molecular complexity index is 1040. The number of H-pyrrole nitrogens is 1. The molecule has 0 saturated carbocycles. The molecular formula is C23H20N2O2. The van der Waals surface area contributed by atoms with E-state index in [2.05, 4.69) is 9.97 Å². The maximum absolute atomic E-state index is 6.09. The summed E-state index contributed by atoms with van der Waals surface area (Å²) >= 11 is 0. The summed E-state index contributed by atoms with van der Waals surface area (Å²) < 4.78 is 11.6. The van der Waals surface area contributed by atoms with Crippen molar-refractivity contribution >= 4 is 23.2 Å². The van der Waals surface area contributed by atoms with Crippen LogP contribution in [0.3, 0.4) is 0 Å². The molecule has 4 rings (SSSR count). The third kappa shape index (κ3) is 3.85. The number of hydrogen-bond donors (Lipinski definition) is 1. The molecule has 0 spiro atoms. The standard InChI is InChI=1S/C23H20N2O2/c1-26-21-13-7-10-18(23(21)27-16-17-8-3-2-4-9-17)14-15-22-24-19-11-5-6-12-20(19)25-22/h2-15H,16H2,1H3,(H,24,25)/b15-14+. The van der Waals surface area contributed by atoms with Crippen LogP contribution >= 0.6 is 0 Å². The zero-order valence-corrected chi connectivity index (χ0v) is 15.1. The van der Waals surface area contributed by atoms with Crippen molar-refractivity contribution in [1.29, 1.82) is 0 Å². The van der Waals surface area contributed by atoms with E-state index in [4.69, 9.17) is 9.47 Å². The van der Waals surface area contributed by atoms with Crippen LogP contribution in [0.1, 0.15) is 17.0 Å². The number of aromatic nitrogens is 2. The molecule has 0 aliphatic carbocycles. The molecule has 0 unspecified atom stereocenters. The Morgan fingerprint density at radius 3 is 2.52 bits per heavy atom. The van der Waals surface area contributed by atoms with Crippen molar-refractivity contribution in [2.24, 2.45) is 0 Å². The zero-order chi connectivity index (χ0) is 18.5. The zero-order valence-electron chi connectivity index (χ0n) is 15.1. The molecule has 0 aliphatic rings. The van der Waals surface area contributed by atoms with E-state index in [9.17, 15) is 0 Å². The number of imidazole rings is 1. The summed E-state index contributed by atoms with van der Waals surface area (Å²) in [5, 5.41) is 0. The average Bonchev–Trinajstić information content (AvgIpc) is 3.14. The summed E-state index contributed by atoms with van der Waals surface area (Å²) in [4.78, 5) is 7.88. The maximum Gasteiger partial charge on any atom is 0.168 e. The molecule has 134 valence electrons. The van der Waals surface area contributed by atoms with Crippen LogP contribution < -0.4 is 9.47 Å². The van der Waals surface area contributed by atoms with E-state index < -0.39 is 0 Å². The molecule has 4 heteroatoms. The molecule has 4 nitrogen and oxygen atoms in total. The Balaban J connectivity index is 1.61. The van der Waals surface area contributed by atoms with Gasteiger partial charge in [-0.25, -0.2) is 4.98 Å². The first-order chi connectivity index (χ1) is 13.3. The highest BCUT2D eigenvalue weighted by Crippen LogP contribution is 2.33. The first-order valence-electron chi connectivity index (χ1n) is 8.80. The van der Waals surface area contributed by atoms with Crippen molar-refractivity contribution in [3.8, 4) is 11.5 Å². The van der Waals surface area contributed by atoms with Crippen LogP contribution in [0.25, 0.3) is 23.2 Å². The predicted molar refractivity (Wildman–Crippen MR) is 109 cm³/mol. The molecule has 0 aliphatic heterocycles. The molecule has 1 heterocycles. The molecule has 0 bridgehead atoms. The quantitative estimate of drug-likeness (QED) is 0.508. The number of nitrogens with zero attached hydrogens (tertiary/aromatic N) is 1. The predicted octanol–water partition coefficient (Wildman–Crippen LogP) is 5.32. The number of benzene rings is 3. The van der Waals surface area contributed by atoms with Gasteiger partial charge < -0.3 is 14.5 Å². The second kappa shape index (κ2) is 7.79. The summed E-state index contributed by atoms with van der Waals surface area (Å²) in [6, 6.07) is 23.9. The first-order valence-corrected chi connectivity index (χ1v) is 8.80. The van der Waals surface area contributed by atoms with Crippen molar-refractivity contribution in [3.05, 3.63) is 89.7 Å². The van der Waals surface area contributed by atoms with Crippen molar-refractivity contribution in [3.63, 3.8) is 0 Å². The molecule has 4 aromatic rings. The van der Waals surface area contributed by atoms with Crippen LogP contribution in [-0.2, 0) is 6.61 Å². The van der Waals surface area contributed by atoms with E-state index in [0.29, 0.717) is 12.4 Å². The molecule has 1 aromatic heterocycles. The lowest BCUT2D eigenvalue weighted by Gasteiger charge is -2.13. The SMILES string of the molecule is COc1cccc(/C=C/c2nc3ccccc3[nH]2)c1OCc1ccccc1. The van der Waals surface area contributed by atoms with Gasteiger partial charge >= 0.3 is 0 Å². The highest BCUT2D eigenvalue weighted by molar-refractivity contribution is 5.79. The Kier molecular flexibility index (Phi) is 4.88. The number of methoxy groups -OCH3 is 1. The fourth-order valence-electron chi connectivity index (χ4n) is 2.93. The summed E-state index contributed by atoms with van der Waals surface area (Å²) in [5.41, 5.74) is 4.01. The van der Waals surface area contributed by atoms with Gasteiger partial charge in [0.1, 0.15) is 12.4 Å². The summed E-state index contributed by atoms with van der Waals surface area (Å²) in [6.45, 7) is 0.479. The molecule has 27 heavy (non-hydrogen) atoms. The van der Waals surface area contributed by atoms with E-state index in [1.165, 1.54) is 0 Å². The smallest absolute Gasteiger partial charge is 0.168 e. The monoisotopic (exact) mass is 356 g/mol. The van der Waals surface area contributed by atoms with Gasteiger partial charge in [0.2, 0.25) is 0 Å². The van der Waals surface area contributed by atoms with Crippen molar-refractivity contribution in [1.82, 2.24) is 9.97 Å². The van der Waals surface area contributed by atoms with Gasteiger partial charge in [-0.15, -0.1) is 0 Å². The number of aromatic amines is 1. The number of nitrogens with one attached hydrogen (secondary N) is 1. The Labute approximate surface area is 158 Å². The molecule has 3 aromatic carbocycles. The summed E-state index contributed by atoms with van der Waals surface area (Å²) in [7, 11) is 1.65. The molecule has 0 saturated heterocycles. The first kappa shape index (κ1) is 16.9. The fourth-order valence-corrected chi connectivity index (χ4v) is 2.93. The lowest BCUT2D eigenvalue weighted by molar-refractivity contribution is 0.284. The van der Waals surface area contributed by atoms with Gasteiger partial charge in [0, 0.05) is 5.56 Å². The molecule has 0 atom stereocenters. The molecule has 0 amide bonds. The Morgan fingerprint density at radius 1 is 0.889 bits per heavy atom. The number of rotatable bonds is 6. The van der Waals surface area contributed by atoms with Gasteiger partial charge in [-0.3, -0.25) is 0 Å². The van der Waals surface area contributed by atoms with Crippen LogP contribution in [0.4, 0.5) is 0 Å².